The zero-order valence-corrected chi connectivity index (χ0v) is 13.4. The van der Waals surface area contributed by atoms with Gasteiger partial charge in [-0.05, 0) is 40.2 Å². The molecule has 6 nitrogen and oxygen atoms in total. The number of methoxy groups -OCH3 is 1. The fourth-order valence-corrected chi connectivity index (χ4v) is 3.13. The second kappa shape index (κ2) is 6.68. The van der Waals surface area contributed by atoms with Gasteiger partial charge in [0.15, 0.2) is 0 Å². The van der Waals surface area contributed by atoms with Crippen molar-refractivity contribution >= 4 is 44.6 Å². The molecule has 21 heavy (non-hydrogen) atoms. The van der Waals surface area contributed by atoms with E-state index >= 15 is 0 Å². The van der Waals surface area contributed by atoms with Crippen LogP contribution in [0.15, 0.2) is 34.1 Å². The molecule has 0 aliphatic carbocycles. The monoisotopic (exact) mass is 370 g/mol. The van der Waals surface area contributed by atoms with Gasteiger partial charge in [0.1, 0.15) is 5.69 Å². The summed E-state index contributed by atoms with van der Waals surface area (Å²) < 4.78 is 5.60. The zero-order valence-electron chi connectivity index (χ0n) is 11.0. The molecule has 0 aliphatic heterocycles. The number of hydrogen-bond acceptors (Lipinski definition) is 6. The summed E-state index contributed by atoms with van der Waals surface area (Å²) in [5, 5.41) is 14.0. The number of halogens is 1. The maximum absolute atomic E-state index is 11.5. The van der Waals surface area contributed by atoms with Crippen molar-refractivity contribution in [2.45, 2.75) is 6.54 Å². The maximum Gasteiger partial charge on any atom is 0.337 e. The topological polar surface area (TPSA) is 81.5 Å². The molecular weight excluding hydrogens is 360 g/mol. The molecule has 110 valence electrons. The molecule has 1 aromatic carbocycles. The van der Waals surface area contributed by atoms with Gasteiger partial charge in [-0.15, -0.1) is 11.3 Å². The summed E-state index contributed by atoms with van der Waals surface area (Å²) in [7, 11) is 1.26. The Kier molecular flexibility index (Phi) is 4.92. The number of nitro benzene ring substituents is 1. The third-order valence-corrected chi connectivity index (χ3v) is 4.32. The molecule has 0 aliphatic rings. The Bertz CT molecular complexity index is 687. The highest BCUT2D eigenvalue weighted by Gasteiger charge is 2.17. The SMILES string of the molecule is COC(=O)c1ccc([N+](=O)[O-])c(NCc2ccc(Br)s2)c1. The van der Waals surface area contributed by atoms with E-state index in [1.807, 2.05) is 12.1 Å². The van der Waals surface area contributed by atoms with Gasteiger partial charge < -0.3 is 10.1 Å². The van der Waals surface area contributed by atoms with Crippen molar-refractivity contribution in [1.29, 1.82) is 0 Å². The molecule has 0 amide bonds. The van der Waals surface area contributed by atoms with Gasteiger partial charge in [0.2, 0.25) is 0 Å². The van der Waals surface area contributed by atoms with Gasteiger partial charge in [0.25, 0.3) is 5.69 Å². The number of rotatable bonds is 5. The van der Waals surface area contributed by atoms with E-state index in [1.165, 1.54) is 36.6 Å². The molecule has 0 spiro atoms. The average molecular weight is 371 g/mol. The molecule has 0 unspecified atom stereocenters. The van der Waals surface area contributed by atoms with Gasteiger partial charge in [-0.2, -0.15) is 0 Å². The van der Waals surface area contributed by atoms with Crippen LogP contribution < -0.4 is 5.32 Å². The van der Waals surface area contributed by atoms with Crippen molar-refractivity contribution in [3.05, 3.63) is 54.7 Å². The van der Waals surface area contributed by atoms with E-state index in [4.69, 9.17) is 0 Å². The van der Waals surface area contributed by atoms with Gasteiger partial charge in [0.05, 0.1) is 21.4 Å². The minimum atomic E-state index is -0.535. The first-order chi connectivity index (χ1) is 10.0. The van der Waals surface area contributed by atoms with Gasteiger partial charge >= 0.3 is 5.97 Å². The average Bonchev–Trinajstić information content (AvgIpc) is 2.89. The summed E-state index contributed by atoms with van der Waals surface area (Å²) in [5.74, 6) is -0.535. The molecule has 0 saturated heterocycles. The van der Waals surface area contributed by atoms with Crippen molar-refractivity contribution in [3.63, 3.8) is 0 Å². The Morgan fingerprint density at radius 2 is 2.19 bits per heavy atom. The number of nitro groups is 1. The predicted molar refractivity (Wildman–Crippen MR) is 83.8 cm³/mol. The predicted octanol–water partition coefficient (Wildman–Crippen LogP) is 3.82. The molecule has 0 saturated carbocycles. The maximum atomic E-state index is 11.5. The van der Waals surface area contributed by atoms with E-state index in [1.54, 1.807) is 0 Å². The molecule has 2 rings (SSSR count). The molecule has 0 fully saturated rings. The minimum absolute atomic E-state index is 0.0849. The first kappa shape index (κ1) is 15.5. The van der Waals surface area contributed by atoms with Gasteiger partial charge in [-0.25, -0.2) is 4.79 Å². The standard InChI is InChI=1S/C13H11BrN2O4S/c1-20-13(17)8-2-4-11(16(18)19)10(6-8)15-7-9-3-5-12(14)21-9/h2-6,15H,7H2,1H3. The van der Waals surface area contributed by atoms with Crippen molar-refractivity contribution in [1.82, 2.24) is 0 Å². The fourth-order valence-electron chi connectivity index (χ4n) is 1.71. The van der Waals surface area contributed by atoms with Crippen LogP contribution in [0.3, 0.4) is 0 Å². The summed E-state index contributed by atoms with van der Waals surface area (Å²) in [5.41, 5.74) is 0.462. The van der Waals surface area contributed by atoms with E-state index < -0.39 is 10.9 Å². The largest absolute Gasteiger partial charge is 0.465 e. The Labute approximate surface area is 133 Å². The van der Waals surface area contributed by atoms with E-state index in [0.29, 0.717) is 6.54 Å². The second-order valence-electron chi connectivity index (χ2n) is 4.04. The Hall–Kier alpha value is -1.93. The number of carbonyl (C=O) groups is 1. The number of anilines is 1. The molecule has 0 atom stereocenters. The van der Waals surface area contributed by atoms with Crippen molar-refractivity contribution in [2.24, 2.45) is 0 Å². The first-order valence-corrected chi connectivity index (χ1v) is 7.47. The Balaban J connectivity index is 2.25. The number of ether oxygens (including phenoxy) is 1. The van der Waals surface area contributed by atoms with Crippen molar-refractivity contribution < 1.29 is 14.5 Å². The molecule has 2 aromatic rings. The van der Waals surface area contributed by atoms with Crippen LogP contribution >= 0.6 is 27.3 Å². The summed E-state index contributed by atoms with van der Waals surface area (Å²) in [6, 6.07) is 7.90. The van der Waals surface area contributed by atoms with Gasteiger partial charge in [-0.1, -0.05) is 0 Å². The molecule has 8 heteroatoms. The molecule has 0 radical (unpaired) electrons. The smallest absolute Gasteiger partial charge is 0.337 e. The zero-order chi connectivity index (χ0) is 15.4. The summed E-state index contributed by atoms with van der Waals surface area (Å²) in [6.45, 7) is 0.432. The fraction of sp³-hybridized carbons (Fsp3) is 0.154. The first-order valence-electron chi connectivity index (χ1n) is 5.86. The number of nitrogens with one attached hydrogen (secondary N) is 1. The van der Waals surface area contributed by atoms with Crippen LogP contribution in [0.4, 0.5) is 11.4 Å². The summed E-state index contributed by atoms with van der Waals surface area (Å²) in [6.07, 6.45) is 0. The van der Waals surface area contributed by atoms with Crippen LogP contribution in [-0.2, 0) is 11.3 Å². The third kappa shape index (κ3) is 3.79. The highest BCUT2D eigenvalue weighted by atomic mass is 79.9. The Morgan fingerprint density at radius 1 is 1.43 bits per heavy atom. The lowest BCUT2D eigenvalue weighted by Gasteiger charge is -2.07. The molecule has 1 heterocycles. The third-order valence-electron chi connectivity index (χ3n) is 2.70. The van der Waals surface area contributed by atoms with E-state index in [9.17, 15) is 14.9 Å². The van der Waals surface area contributed by atoms with Crippen LogP contribution in [0.5, 0.6) is 0 Å². The van der Waals surface area contributed by atoms with Crippen molar-refractivity contribution in [2.75, 3.05) is 12.4 Å². The van der Waals surface area contributed by atoms with Gasteiger partial charge in [-0.3, -0.25) is 10.1 Å². The molecule has 1 N–H and O–H groups in total. The minimum Gasteiger partial charge on any atom is -0.465 e. The number of thiophene rings is 1. The van der Waals surface area contributed by atoms with Crippen LogP contribution in [-0.4, -0.2) is 18.0 Å². The van der Waals surface area contributed by atoms with E-state index in [2.05, 4.69) is 26.0 Å². The van der Waals surface area contributed by atoms with E-state index in [-0.39, 0.29) is 16.9 Å². The summed E-state index contributed by atoms with van der Waals surface area (Å²) >= 11 is 4.89. The molecule has 1 aromatic heterocycles. The lowest BCUT2D eigenvalue weighted by molar-refractivity contribution is -0.384. The number of esters is 1. The van der Waals surface area contributed by atoms with Crippen LogP contribution in [0.25, 0.3) is 0 Å². The van der Waals surface area contributed by atoms with E-state index in [0.717, 1.165) is 8.66 Å². The van der Waals surface area contributed by atoms with Gasteiger partial charge in [0, 0.05) is 17.5 Å². The number of carbonyl (C=O) groups excluding carboxylic acids is 1. The second-order valence-corrected chi connectivity index (χ2v) is 6.59. The quantitative estimate of drug-likeness (QED) is 0.491. The Morgan fingerprint density at radius 3 is 2.76 bits per heavy atom. The lowest BCUT2D eigenvalue weighted by atomic mass is 10.1. The normalized spacial score (nSPS) is 10.2. The molecule has 0 bridgehead atoms. The number of benzene rings is 1. The highest BCUT2D eigenvalue weighted by Crippen LogP contribution is 2.28. The van der Waals surface area contributed by atoms with Crippen molar-refractivity contribution in [3.8, 4) is 0 Å². The van der Waals surface area contributed by atoms with Crippen LogP contribution in [0.2, 0.25) is 0 Å². The molecular formula is C13H11BrN2O4S. The van der Waals surface area contributed by atoms with Crippen LogP contribution in [0.1, 0.15) is 15.2 Å². The highest BCUT2D eigenvalue weighted by molar-refractivity contribution is 9.11. The lowest BCUT2D eigenvalue weighted by Crippen LogP contribution is -2.06. The summed E-state index contributed by atoms with van der Waals surface area (Å²) in [4.78, 5) is 23.1. The van der Waals surface area contributed by atoms with Crippen LogP contribution in [0, 0.1) is 10.1 Å². The number of nitrogens with zero attached hydrogens (tertiary/aromatic N) is 1. The number of hydrogen-bond donors (Lipinski definition) is 1.